The second-order valence-electron chi connectivity index (χ2n) is 4.10. The standard InChI is InChI=1S/C14H11ClFNO2/c1-8-2-4-10(14(18)19)12(6-8)17-13-7-9(15)3-5-11(13)16/h2-7,17H,1H3,(H,18,19). The Morgan fingerprint density at radius 3 is 2.63 bits per heavy atom. The maximum absolute atomic E-state index is 13.6. The van der Waals surface area contributed by atoms with Gasteiger partial charge in [0.1, 0.15) is 5.82 Å². The van der Waals surface area contributed by atoms with Crippen LogP contribution in [0.1, 0.15) is 15.9 Å². The molecule has 19 heavy (non-hydrogen) atoms. The topological polar surface area (TPSA) is 49.3 Å². The molecular weight excluding hydrogens is 269 g/mol. The third-order valence-electron chi connectivity index (χ3n) is 2.60. The van der Waals surface area contributed by atoms with Gasteiger partial charge in [-0.2, -0.15) is 0 Å². The first-order chi connectivity index (χ1) is 8.97. The third kappa shape index (κ3) is 3.03. The van der Waals surface area contributed by atoms with Crippen molar-refractivity contribution < 1.29 is 14.3 Å². The van der Waals surface area contributed by atoms with Crippen molar-refractivity contribution in [2.75, 3.05) is 5.32 Å². The van der Waals surface area contributed by atoms with Crippen LogP contribution in [0.25, 0.3) is 0 Å². The summed E-state index contributed by atoms with van der Waals surface area (Å²) in [6, 6.07) is 8.86. The van der Waals surface area contributed by atoms with Crippen LogP contribution in [0.3, 0.4) is 0 Å². The second kappa shape index (κ2) is 5.28. The van der Waals surface area contributed by atoms with Gasteiger partial charge < -0.3 is 10.4 Å². The monoisotopic (exact) mass is 279 g/mol. The number of hydrogen-bond acceptors (Lipinski definition) is 2. The van der Waals surface area contributed by atoms with Crippen molar-refractivity contribution in [1.82, 2.24) is 0 Å². The van der Waals surface area contributed by atoms with E-state index in [0.717, 1.165) is 5.56 Å². The molecule has 0 saturated heterocycles. The van der Waals surface area contributed by atoms with Crippen LogP contribution in [-0.4, -0.2) is 11.1 Å². The quantitative estimate of drug-likeness (QED) is 0.884. The lowest BCUT2D eigenvalue weighted by atomic mass is 10.1. The summed E-state index contributed by atoms with van der Waals surface area (Å²) in [6.45, 7) is 1.82. The molecule has 2 rings (SSSR count). The van der Waals surface area contributed by atoms with E-state index >= 15 is 0 Å². The maximum Gasteiger partial charge on any atom is 0.337 e. The highest BCUT2D eigenvalue weighted by Gasteiger charge is 2.12. The number of halogens is 2. The molecule has 0 radical (unpaired) electrons. The lowest BCUT2D eigenvalue weighted by Crippen LogP contribution is -2.04. The number of aryl methyl sites for hydroxylation is 1. The molecule has 0 aliphatic rings. The molecule has 0 unspecified atom stereocenters. The number of carbonyl (C=O) groups is 1. The van der Waals surface area contributed by atoms with Crippen molar-refractivity contribution in [1.29, 1.82) is 0 Å². The van der Waals surface area contributed by atoms with Gasteiger partial charge in [0.25, 0.3) is 0 Å². The lowest BCUT2D eigenvalue weighted by molar-refractivity contribution is 0.0698. The molecule has 2 aromatic carbocycles. The first-order valence-electron chi connectivity index (χ1n) is 5.53. The molecule has 3 nitrogen and oxygen atoms in total. The van der Waals surface area contributed by atoms with Crippen molar-refractivity contribution in [3.8, 4) is 0 Å². The number of aromatic carboxylic acids is 1. The molecule has 0 aliphatic heterocycles. The van der Waals surface area contributed by atoms with Crippen LogP contribution in [0.5, 0.6) is 0 Å². The molecule has 5 heteroatoms. The molecular formula is C14H11ClFNO2. The van der Waals surface area contributed by atoms with Crippen molar-refractivity contribution in [3.05, 3.63) is 58.4 Å². The maximum atomic E-state index is 13.6. The van der Waals surface area contributed by atoms with E-state index in [2.05, 4.69) is 5.32 Å². The Labute approximate surface area is 114 Å². The molecule has 2 N–H and O–H groups in total. The Balaban J connectivity index is 2.45. The lowest BCUT2D eigenvalue weighted by Gasteiger charge is -2.11. The smallest absolute Gasteiger partial charge is 0.337 e. The van der Waals surface area contributed by atoms with Crippen LogP contribution >= 0.6 is 11.6 Å². The van der Waals surface area contributed by atoms with E-state index in [9.17, 15) is 9.18 Å². The predicted molar refractivity (Wildman–Crippen MR) is 72.8 cm³/mol. The van der Waals surface area contributed by atoms with Gasteiger partial charge in [-0.1, -0.05) is 17.7 Å². The summed E-state index contributed by atoms with van der Waals surface area (Å²) >= 11 is 5.79. The van der Waals surface area contributed by atoms with E-state index in [1.165, 1.54) is 24.3 Å². The molecule has 0 heterocycles. The Morgan fingerprint density at radius 1 is 1.21 bits per heavy atom. The molecule has 0 amide bonds. The first kappa shape index (κ1) is 13.4. The molecule has 0 atom stereocenters. The van der Waals surface area contributed by atoms with Gasteiger partial charge in [0, 0.05) is 5.02 Å². The Morgan fingerprint density at radius 2 is 1.95 bits per heavy atom. The number of anilines is 2. The normalized spacial score (nSPS) is 10.3. The summed E-state index contributed by atoms with van der Waals surface area (Å²) in [4.78, 5) is 11.1. The van der Waals surface area contributed by atoms with E-state index in [1.807, 2.05) is 6.92 Å². The second-order valence-corrected chi connectivity index (χ2v) is 4.54. The molecule has 2 aromatic rings. The molecule has 0 bridgehead atoms. The predicted octanol–water partition coefficient (Wildman–Crippen LogP) is 4.23. The molecule has 0 spiro atoms. The summed E-state index contributed by atoms with van der Waals surface area (Å²) in [5, 5.41) is 12.2. The highest BCUT2D eigenvalue weighted by Crippen LogP contribution is 2.26. The van der Waals surface area contributed by atoms with Gasteiger partial charge in [0.15, 0.2) is 0 Å². The van der Waals surface area contributed by atoms with E-state index in [0.29, 0.717) is 10.7 Å². The van der Waals surface area contributed by atoms with Gasteiger partial charge >= 0.3 is 5.97 Å². The van der Waals surface area contributed by atoms with Crippen molar-refractivity contribution >= 4 is 28.9 Å². The summed E-state index contributed by atoms with van der Waals surface area (Å²) < 4.78 is 13.6. The average molecular weight is 280 g/mol. The van der Waals surface area contributed by atoms with E-state index in [1.54, 1.807) is 12.1 Å². The summed E-state index contributed by atoms with van der Waals surface area (Å²) in [5.74, 6) is -1.58. The van der Waals surface area contributed by atoms with Crippen molar-refractivity contribution in [2.24, 2.45) is 0 Å². The van der Waals surface area contributed by atoms with Crippen LogP contribution in [0.2, 0.25) is 5.02 Å². The minimum absolute atomic E-state index is 0.0741. The van der Waals surface area contributed by atoms with Gasteiger partial charge in [0.05, 0.1) is 16.9 Å². The number of carboxylic acid groups (broad SMARTS) is 1. The van der Waals surface area contributed by atoms with Crippen molar-refractivity contribution in [2.45, 2.75) is 6.92 Å². The summed E-state index contributed by atoms with van der Waals surface area (Å²) in [7, 11) is 0. The molecule has 0 saturated carbocycles. The number of hydrogen-bond donors (Lipinski definition) is 2. The molecule has 98 valence electrons. The third-order valence-corrected chi connectivity index (χ3v) is 2.84. The van der Waals surface area contributed by atoms with Crippen LogP contribution in [0, 0.1) is 12.7 Å². The zero-order valence-corrected chi connectivity index (χ0v) is 10.8. The van der Waals surface area contributed by atoms with Crippen molar-refractivity contribution in [3.63, 3.8) is 0 Å². The Bertz CT molecular complexity index is 643. The molecule has 0 aromatic heterocycles. The van der Waals surface area contributed by atoms with Crippen LogP contribution < -0.4 is 5.32 Å². The highest BCUT2D eigenvalue weighted by molar-refractivity contribution is 6.30. The van der Waals surface area contributed by atoms with E-state index < -0.39 is 11.8 Å². The summed E-state index contributed by atoms with van der Waals surface area (Å²) in [6.07, 6.45) is 0. The number of carboxylic acids is 1. The van der Waals surface area contributed by atoms with Gasteiger partial charge in [-0.25, -0.2) is 9.18 Å². The van der Waals surface area contributed by atoms with Gasteiger partial charge in [0.2, 0.25) is 0 Å². The molecule has 0 fully saturated rings. The fourth-order valence-electron chi connectivity index (χ4n) is 1.69. The van der Waals surface area contributed by atoms with Gasteiger partial charge in [-0.05, 0) is 42.8 Å². The first-order valence-corrected chi connectivity index (χ1v) is 5.91. The van der Waals surface area contributed by atoms with Gasteiger partial charge in [-0.15, -0.1) is 0 Å². The fraction of sp³-hybridized carbons (Fsp3) is 0.0714. The minimum atomic E-state index is -1.08. The van der Waals surface area contributed by atoms with Crippen LogP contribution in [-0.2, 0) is 0 Å². The zero-order valence-electron chi connectivity index (χ0n) is 10.1. The van der Waals surface area contributed by atoms with Crippen LogP contribution in [0.4, 0.5) is 15.8 Å². The van der Waals surface area contributed by atoms with E-state index in [4.69, 9.17) is 16.7 Å². The zero-order chi connectivity index (χ0) is 14.0. The van der Waals surface area contributed by atoms with E-state index in [-0.39, 0.29) is 11.3 Å². The summed E-state index contributed by atoms with van der Waals surface area (Å²) in [5.41, 5.74) is 1.41. The Hall–Kier alpha value is -2.07. The molecule has 0 aliphatic carbocycles. The SMILES string of the molecule is Cc1ccc(C(=O)O)c(Nc2cc(Cl)ccc2F)c1. The van der Waals surface area contributed by atoms with Crippen LogP contribution in [0.15, 0.2) is 36.4 Å². The largest absolute Gasteiger partial charge is 0.478 e. The van der Waals surface area contributed by atoms with Gasteiger partial charge in [-0.3, -0.25) is 0 Å². The highest BCUT2D eigenvalue weighted by atomic mass is 35.5. The number of rotatable bonds is 3. The number of nitrogens with one attached hydrogen (secondary N) is 1. The Kier molecular flexibility index (Phi) is 3.71. The number of benzene rings is 2. The fourth-order valence-corrected chi connectivity index (χ4v) is 1.86. The average Bonchev–Trinajstić information content (AvgIpc) is 2.33. The minimum Gasteiger partial charge on any atom is -0.478 e.